The lowest BCUT2D eigenvalue weighted by molar-refractivity contribution is 0.539. The van der Waals surface area contributed by atoms with E-state index in [0.717, 1.165) is 12.8 Å². The number of nitrogens with one attached hydrogen (secondary N) is 1. The fourth-order valence-electron chi connectivity index (χ4n) is 1.69. The van der Waals surface area contributed by atoms with Gasteiger partial charge in [0, 0.05) is 6.54 Å². The largest absolute Gasteiger partial charge is 0.380 e. The lowest BCUT2D eigenvalue weighted by Crippen LogP contribution is -2.13. The van der Waals surface area contributed by atoms with E-state index < -0.39 is 11.6 Å². The Hall–Kier alpha value is -1.12. The first-order valence-electron chi connectivity index (χ1n) is 5.74. The van der Waals surface area contributed by atoms with Crippen molar-refractivity contribution in [3.63, 3.8) is 0 Å². The van der Waals surface area contributed by atoms with E-state index in [-0.39, 0.29) is 5.69 Å². The van der Waals surface area contributed by atoms with Gasteiger partial charge < -0.3 is 5.32 Å². The highest BCUT2D eigenvalue weighted by atomic mass is 19.1. The normalized spacial score (nSPS) is 12.6. The van der Waals surface area contributed by atoms with E-state index in [1.165, 1.54) is 12.1 Å². The first kappa shape index (κ1) is 12.9. The third-order valence-electron chi connectivity index (χ3n) is 2.69. The van der Waals surface area contributed by atoms with Crippen LogP contribution in [-0.4, -0.2) is 6.54 Å². The monoisotopic (exact) mass is 227 g/mol. The average Bonchev–Trinajstić information content (AvgIpc) is 2.24. The quantitative estimate of drug-likeness (QED) is 0.797. The molecule has 16 heavy (non-hydrogen) atoms. The smallest absolute Gasteiger partial charge is 0.152 e. The molecule has 1 nitrogen and oxygen atoms in total. The summed E-state index contributed by atoms with van der Waals surface area (Å²) < 4.78 is 27.0. The van der Waals surface area contributed by atoms with Crippen molar-refractivity contribution in [3.05, 3.63) is 29.3 Å². The molecular weight excluding hydrogens is 208 g/mol. The van der Waals surface area contributed by atoms with Gasteiger partial charge in [0.1, 0.15) is 11.5 Å². The van der Waals surface area contributed by atoms with Crippen LogP contribution in [0, 0.1) is 24.5 Å². The molecule has 0 aliphatic heterocycles. The first-order valence-corrected chi connectivity index (χ1v) is 5.74. The van der Waals surface area contributed by atoms with Gasteiger partial charge in [-0.05, 0) is 30.9 Å². The van der Waals surface area contributed by atoms with E-state index in [1.54, 1.807) is 6.92 Å². The predicted molar refractivity (Wildman–Crippen MR) is 63.7 cm³/mol. The van der Waals surface area contributed by atoms with Crippen LogP contribution in [0.5, 0.6) is 0 Å². The van der Waals surface area contributed by atoms with Crippen LogP contribution in [0.4, 0.5) is 14.5 Å². The van der Waals surface area contributed by atoms with Crippen LogP contribution < -0.4 is 5.32 Å². The van der Waals surface area contributed by atoms with Gasteiger partial charge in [0.2, 0.25) is 0 Å². The molecule has 1 aromatic rings. The van der Waals surface area contributed by atoms with Gasteiger partial charge in [0.15, 0.2) is 5.82 Å². The molecule has 0 aliphatic carbocycles. The first-order chi connectivity index (χ1) is 7.56. The minimum absolute atomic E-state index is 0.00273. The third kappa shape index (κ3) is 3.19. The second kappa shape index (κ2) is 5.83. The zero-order valence-corrected chi connectivity index (χ0v) is 10.1. The molecule has 1 aromatic carbocycles. The van der Waals surface area contributed by atoms with E-state index in [4.69, 9.17) is 0 Å². The van der Waals surface area contributed by atoms with E-state index in [2.05, 4.69) is 19.2 Å². The Kier molecular flexibility index (Phi) is 4.71. The molecule has 0 amide bonds. The molecular formula is C13H19F2N. The highest BCUT2D eigenvalue weighted by molar-refractivity contribution is 5.48. The summed E-state index contributed by atoms with van der Waals surface area (Å²) in [5.41, 5.74) is 0.468. The molecule has 0 bridgehead atoms. The number of hydrogen-bond acceptors (Lipinski definition) is 1. The third-order valence-corrected chi connectivity index (χ3v) is 2.69. The molecule has 1 N–H and O–H groups in total. The van der Waals surface area contributed by atoms with Crippen molar-refractivity contribution in [1.29, 1.82) is 0 Å². The lowest BCUT2D eigenvalue weighted by Gasteiger charge is -2.14. The van der Waals surface area contributed by atoms with Gasteiger partial charge in [-0.3, -0.25) is 0 Å². The molecule has 3 heteroatoms. The summed E-state index contributed by atoms with van der Waals surface area (Å²) in [4.78, 5) is 0. The maximum Gasteiger partial charge on any atom is 0.152 e. The Labute approximate surface area is 95.9 Å². The van der Waals surface area contributed by atoms with Crippen LogP contribution >= 0.6 is 0 Å². The summed E-state index contributed by atoms with van der Waals surface area (Å²) in [6.07, 6.45) is 2.14. The molecule has 0 saturated heterocycles. The van der Waals surface area contributed by atoms with Crippen LogP contribution in [0.25, 0.3) is 0 Å². The second-order valence-corrected chi connectivity index (χ2v) is 4.33. The molecule has 0 fully saturated rings. The van der Waals surface area contributed by atoms with Gasteiger partial charge >= 0.3 is 0 Å². The molecule has 0 saturated carbocycles. The summed E-state index contributed by atoms with van der Waals surface area (Å²) >= 11 is 0. The van der Waals surface area contributed by atoms with Crippen molar-refractivity contribution in [2.75, 3.05) is 11.9 Å². The number of anilines is 1. The van der Waals surface area contributed by atoms with Crippen molar-refractivity contribution >= 4 is 5.69 Å². The average molecular weight is 227 g/mol. The standard InChI is InChI=1S/C13H19F2N/c1-4-5-9(2)8-16-13-11(14)7-6-10(3)12(13)15/h6-7,9,16H,4-5,8H2,1-3H3. The van der Waals surface area contributed by atoms with Crippen LogP contribution in [0.1, 0.15) is 32.3 Å². The van der Waals surface area contributed by atoms with E-state index in [9.17, 15) is 8.78 Å². The number of halogens is 2. The molecule has 1 unspecified atom stereocenters. The Morgan fingerprint density at radius 2 is 2.00 bits per heavy atom. The van der Waals surface area contributed by atoms with Crippen LogP contribution in [0.3, 0.4) is 0 Å². The van der Waals surface area contributed by atoms with E-state index >= 15 is 0 Å². The molecule has 90 valence electrons. The Morgan fingerprint density at radius 1 is 1.31 bits per heavy atom. The predicted octanol–water partition coefficient (Wildman–Crippen LogP) is 4.12. The van der Waals surface area contributed by atoms with Gasteiger partial charge in [-0.2, -0.15) is 0 Å². The van der Waals surface area contributed by atoms with Crippen LogP contribution in [-0.2, 0) is 0 Å². The van der Waals surface area contributed by atoms with Gasteiger partial charge in [-0.15, -0.1) is 0 Å². The van der Waals surface area contributed by atoms with Crippen molar-refractivity contribution < 1.29 is 8.78 Å². The fraction of sp³-hybridized carbons (Fsp3) is 0.538. The Morgan fingerprint density at radius 3 is 2.62 bits per heavy atom. The number of rotatable bonds is 5. The molecule has 0 aromatic heterocycles. The summed E-state index contributed by atoms with van der Waals surface area (Å²) in [7, 11) is 0. The Bertz CT molecular complexity index is 350. The summed E-state index contributed by atoms with van der Waals surface area (Å²) in [6, 6.07) is 2.75. The molecule has 0 spiro atoms. The van der Waals surface area contributed by atoms with Gasteiger partial charge in [0.05, 0.1) is 0 Å². The molecule has 0 aliphatic rings. The van der Waals surface area contributed by atoms with Gasteiger partial charge in [0.25, 0.3) is 0 Å². The molecule has 1 atom stereocenters. The summed E-state index contributed by atoms with van der Waals surface area (Å²) in [6.45, 7) is 6.41. The minimum Gasteiger partial charge on any atom is -0.380 e. The summed E-state index contributed by atoms with van der Waals surface area (Å²) in [5.74, 6) is -0.584. The number of benzene rings is 1. The van der Waals surface area contributed by atoms with Crippen LogP contribution in [0.2, 0.25) is 0 Å². The van der Waals surface area contributed by atoms with Crippen molar-refractivity contribution in [2.24, 2.45) is 5.92 Å². The second-order valence-electron chi connectivity index (χ2n) is 4.33. The number of hydrogen-bond donors (Lipinski definition) is 1. The van der Waals surface area contributed by atoms with Crippen molar-refractivity contribution in [3.8, 4) is 0 Å². The van der Waals surface area contributed by atoms with Crippen LogP contribution in [0.15, 0.2) is 12.1 Å². The zero-order chi connectivity index (χ0) is 12.1. The zero-order valence-electron chi connectivity index (χ0n) is 10.1. The van der Waals surface area contributed by atoms with Gasteiger partial charge in [-0.25, -0.2) is 8.78 Å². The van der Waals surface area contributed by atoms with Crippen molar-refractivity contribution in [1.82, 2.24) is 0 Å². The lowest BCUT2D eigenvalue weighted by atomic mass is 10.1. The van der Waals surface area contributed by atoms with Gasteiger partial charge in [-0.1, -0.05) is 26.3 Å². The highest BCUT2D eigenvalue weighted by Crippen LogP contribution is 2.22. The molecule has 1 rings (SSSR count). The van der Waals surface area contributed by atoms with Crippen molar-refractivity contribution in [2.45, 2.75) is 33.6 Å². The molecule has 0 heterocycles. The fourth-order valence-corrected chi connectivity index (χ4v) is 1.69. The SMILES string of the molecule is CCCC(C)CNc1c(F)ccc(C)c1F. The van der Waals surface area contributed by atoms with E-state index in [1.807, 2.05) is 0 Å². The topological polar surface area (TPSA) is 12.0 Å². The summed E-state index contributed by atoms with van der Waals surface area (Å²) in [5, 5.41) is 2.86. The minimum atomic E-state index is -0.521. The maximum absolute atomic E-state index is 13.6. The number of aryl methyl sites for hydroxylation is 1. The van der Waals surface area contributed by atoms with E-state index in [0.29, 0.717) is 18.0 Å². The maximum atomic E-state index is 13.6. The highest BCUT2D eigenvalue weighted by Gasteiger charge is 2.11. The Balaban J connectivity index is 2.70. The molecule has 0 radical (unpaired) electrons.